The van der Waals surface area contributed by atoms with Gasteiger partial charge in [-0.25, -0.2) is 0 Å². The Morgan fingerprint density at radius 3 is 2.57 bits per heavy atom. The summed E-state index contributed by atoms with van der Waals surface area (Å²) in [4.78, 5) is 10.2. The smallest absolute Gasteiger partial charge is 0.257 e. The molecule has 1 amide bonds. The van der Waals surface area contributed by atoms with E-state index in [0.717, 1.165) is 16.8 Å². The van der Waals surface area contributed by atoms with Gasteiger partial charge in [-0.2, -0.15) is 0 Å². The molecule has 2 nitrogen and oxygen atoms in total. The van der Waals surface area contributed by atoms with Crippen molar-refractivity contribution in [1.29, 1.82) is 0 Å². The van der Waals surface area contributed by atoms with Crippen molar-refractivity contribution >= 4 is 34.8 Å². The van der Waals surface area contributed by atoms with Crippen LogP contribution < -0.4 is 5.32 Å². The standard InChI is InChI=1S/C10H11Cl2NO/c1-6-3-4-7(2)8(5-6)13-10(14)9(11)12/h3-5,9H,1-2H3,(H,13,14). The second-order valence-electron chi connectivity index (χ2n) is 3.11. The number of rotatable bonds is 2. The van der Waals surface area contributed by atoms with Gasteiger partial charge in [0.2, 0.25) is 0 Å². The zero-order chi connectivity index (χ0) is 10.7. The summed E-state index contributed by atoms with van der Waals surface area (Å²) in [5, 5.41) is 2.65. The monoisotopic (exact) mass is 231 g/mol. The largest absolute Gasteiger partial charge is 0.323 e. The SMILES string of the molecule is Cc1ccc(C)c(NC(=O)C(Cl)Cl)c1. The number of benzene rings is 1. The molecule has 14 heavy (non-hydrogen) atoms. The van der Waals surface area contributed by atoms with Gasteiger partial charge in [0.05, 0.1) is 0 Å². The number of hydrogen-bond acceptors (Lipinski definition) is 1. The van der Waals surface area contributed by atoms with E-state index in [-0.39, 0.29) is 0 Å². The molecule has 0 radical (unpaired) electrons. The van der Waals surface area contributed by atoms with Gasteiger partial charge in [0.25, 0.3) is 5.91 Å². The summed E-state index contributed by atoms with van der Waals surface area (Å²) in [5.74, 6) is -0.401. The van der Waals surface area contributed by atoms with Gasteiger partial charge in [-0.05, 0) is 31.0 Å². The number of halogens is 2. The number of hydrogen-bond donors (Lipinski definition) is 1. The first-order chi connectivity index (χ1) is 6.50. The van der Waals surface area contributed by atoms with E-state index in [1.807, 2.05) is 32.0 Å². The molecule has 0 bridgehead atoms. The van der Waals surface area contributed by atoms with Crippen LogP contribution in [0.5, 0.6) is 0 Å². The number of anilines is 1. The van der Waals surface area contributed by atoms with Crippen molar-refractivity contribution in [2.24, 2.45) is 0 Å². The number of carbonyl (C=O) groups is 1. The predicted octanol–water partition coefficient (Wildman–Crippen LogP) is 3.05. The van der Waals surface area contributed by atoms with Crippen molar-refractivity contribution in [3.8, 4) is 0 Å². The molecule has 0 saturated carbocycles. The zero-order valence-corrected chi connectivity index (χ0v) is 9.49. The Morgan fingerprint density at radius 1 is 1.36 bits per heavy atom. The van der Waals surface area contributed by atoms with Crippen LogP contribution in [-0.2, 0) is 4.79 Å². The molecule has 0 aliphatic rings. The molecule has 1 N–H and O–H groups in total. The van der Waals surface area contributed by atoms with Crippen LogP contribution in [0, 0.1) is 13.8 Å². The van der Waals surface area contributed by atoms with Crippen LogP contribution in [0.2, 0.25) is 0 Å². The van der Waals surface area contributed by atoms with Gasteiger partial charge in [0, 0.05) is 5.69 Å². The topological polar surface area (TPSA) is 29.1 Å². The van der Waals surface area contributed by atoms with E-state index in [2.05, 4.69) is 5.32 Å². The van der Waals surface area contributed by atoms with Gasteiger partial charge < -0.3 is 5.32 Å². The average Bonchev–Trinajstić information content (AvgIpc) is 2.11. The third kappa shape index (κ3) is 2.89. The van der Waals surface area contributed by atoms with Crippen molar-refractivity contribution in [3.05, 3.63) is 29.3 Å². The Balaban J connectivity index is 2.86. The van der Waals surface area contributed by atoms with Gasteiger partial charge in [-0.3, -0.25) is 4.79 Å². The van der Waals surface area contributed by atoms with E-state index in [9.17, 15) is 4.79 Å². The molecule has 1 aromatic rings. The molecule has 0 unspecified atom stereocenters. The lowest BCUT2D eigenvalue weighted by Crippen LogP contribution is -2.19. The number of carbonyl (C=O) groups excluding carboxylic acids is 1. The van der Waals surface area contributed by atoms with E-state index in [0.29, 0.717) is 0 Å². The van der Waals surface area contributed by atoms with Gasteiger partial charge in [0.1, 0.15) is 0 Å². The lowest BCUT2D eigenvalue weighted by atomic mass is 10.1. The van der Waals surface area contributed by atoms with Crippen LogP contribution >= 0.6 is 23.2 Å². The summed E-state index contributed by atoms with van der Waals surface area (Å²) in [5.41, 5.74) is 2.81. The summed E-state index contributed by atoms with van der Waals surface area (Å²) in [6, 6.07) is 5.79. The van der Waals surface area contributed by atoms with E-state index >= 15 is 0 Å². The number of aryl methyl sites for hydroxylation is 2. The maximum absolute atomic E-state index is 11.2. The molecule has 0 atom stereocenters. The lowest BCUT2D eigenvalue weighted by molar-refractivity contribution is -0.114. The Labute approximate surface area is 93.2 Å². The molecule has 1 rings (SSSR count). The second kappa shape index (κ2) is 4.67. The molecule has 0 spiro atoms. The van der Waals surface area contributed by atoms with Gasteiger partial charge in [-0.1, -0.05) is 35.3 Å². The minimum atomic E-state index is -1.03. The average molecular weight is 232 g/mol. The third-order valence-corrected chi connectivity index (χ3v) is 2.25. The van der Waals surface area contributed by atoms with Crippen molar-refractivity contribution in [1.82, 2.24) is 0 Å². The second-order valence-corrected chi connectivity index (χ2v) is 4.20. The molecule has 4 heteroatoms. The first-order valence-corrected chi connectivity index (χ1v) is 5.04. The van der Waals surface area contributed by atoms with Crippen molar-refractivity contribution in [2.45, 2.75) is 18.7 Å². The highest BCUT2D eigenvalue weighted by Gasteiger charge is 2.12. The Morgan fingerprint density at radius 2 is 2.00 bits per heavy atom. The first-order valence-electron chi connectivity index (χ1n) is 4.17. The van der Waals surface area contributed by atoms with Crippen molar-refractivity contribution in [2.75, 3.05) is 5.32 Å². The van der Waals surface area contributed by atoms with E-state index in [1.165, 1.54) is 0 Å². The summed E-state index contributed by atoms with van der Waals surface area (Å²) in [6.45, 7) is 3.86. The molecular formula is C10H11Cl2NO. The Bertz CT molecular complexity index is 350. The highest BCUT2D eigenvalue weighted by molar-refractivity contribution is 6.54. The molecule has 0 heterocycles. The van der Waals surface area contributed by atoms with E-state index in [1.54, 1.807) is 0 Å². The van der Waals surface area contributed by atoms with Crippen molar-refractivity contribution < 1.29 is 4.79 Å². The summed E-state index contributed by atoms with van der Waals surface area (Å²) < 4.78 is 0. The summed E-state index contributed by atoms with van der Waals surface area (Å²) >= 11 is 10.8. The van der Waals surface area contributed by atoms with Crippen LogP contribution in [0.25, 0.3) is 0 Å². The van der Waals surface area contributed by atoms with Crippen LogP contribution in [-0.4, -0.2) is 10.7 Å². The fourth-order valence-electron chi connectivity index (χ4n) is 1.06. The number of nitrogens with one attached hydrogen (secondary N) is 1. The number of alkyl halides is 2. The van der Waals surface area contributed by atoms with E-state index in [4.69, 9.17) is 23.2 Å². The number of amides is 1. The normalized spacial score (nSPS) is 10.4. The van der Waals surface area contributed by atoms with Gasteiger partial charge >= 0.3 is 0 Å². The minimum Gasteiger partial charge on any atom is -0.323 e. The highest BCUT2D eigenvalue weighted by Crippen LogP contribution is 2.17. The summed E-state index contributed by atoms with van der Waals surface area (Å²) in [6.07, 6.45) is 0. The van der Waals surface area contributed by atoms with Crippen molar-refractivity contribution in [3.63, 3.8) is 0 Å². The fraction of sp³-hybridized carbons (Fsp3) is 0.300. The van der Waals surface area contributed by atoms with Crippen LogP contribution in [0.15, 0.2) is 18.2 Å². The molecule has 0 fully saturated rings. The molecule has 0 aliphatic carbocycles. The fourth-order valence-corrected chi connectivity index (χ4v) is 1.17. The Hall–Kier alpha value is -0.730. The predicted molar refractivity (Wildman–Crippen MR) is 60.0 cm³/mol. The molecule has 76 valence electrons. The van der Waals surface area contributed by atoms with Crippen LogP contribution in [0.3, 0.4) is 0 Å². The molecule has 0 aromatic heterocycles. The molecule has 0 aliphatic heterocycles. The zero-order valence-electron chi connectivity index (χ0n) is 7.97. The van der Waals surface area contributed by atoms with E-state index < -0.39 is 10.7 Å². The maximum Gasteiger partial charge on any atom is 0.257 e. The Kier molecular flexibility index (Phi) is 3.78. The summed E-state index contributed by atoms with van der Waals surface area (Å²) in [7, 11) is 0. The minimum absolute atomic E-state index is 0.401. The first kappa shape index (κ1) is 11.3. The third-order valence-electron chi connectivity index (χ3n) is 1.85. The lowest BCUT2D eigenvalue weighted by Gasteiger charge is -2.09. The maximum atomic E-state index is 11.2. The highest BCUT2D eigenvalue weighted by atomic mass is 35.5. The van der Waals surface area contributed by atoms with Crippen LogP contribution in [0.4, 0.5) is 5.69 Å². The van der Waals surface area contributed by atoms with Gasteiger partial charge in [0.15, 0.2) is 4.84 Å². The van der Waals surface area contributed by atoms with Gasteiger partial charge in [-0.15, -0.1) is 0 Å². The molecular weight excluding hydrogens is 221 g/mol. The molecule has 0 saturated heterocycles. The van der Waals surface area contributed by atoms with Crippen LogP contribution in [0.1, 0.15) is 11.1 Å². The quantitative estimate of drug-likeness (QED) is 0.780. The molecule has 1 aromatic carbocycles.